The largest absolute Gasteiger partial charge is 0.361 e. The lowest BCUT2D eigenvalue weighted by Gasteiger charge is -2.28. The van der Waals surface area contributed by atoms with Crippen LogP contribution in [0.5, 0.6) is 0 Å². The Labute approximate surface area is 123 Å². The Morgan fingerprint density at radius 1 is 1.37 bits per heavy atom. The van der Waals surface area contributed by atoms with Crippen LogP contribution in [-0.2, 0) is 0 Å². The first-order valence-corrected chi connectivity index (χ1v) is 7.50. The van der Waals surface area contributed by atoms with Crippen LogP contribution in [0, 0.1) is 5.41 Å². The molecule has 0 aliphatic carbocycles. The molecule has 0 fully saturated rings. The molecule has 104 valence electrons. The molecule has 5 heteroatoms. The summed E-state index contributed by atoms with van der Waals surface area (Å²) < 4.78 is 1.16. The van der Waals surface area contributed by atoms with Gasteiger partial charge in [-0.25, -0.2) is 4.98 Å². The Balaban J connectivity index is 2.05. The van der Waals surface area contributed by atoms with E-state index >= 15 is 0 Å². The van der Waals surface area contributed by atoms with E-state index in [0.717, 1.165) is 33.5 Å². The first-order valence-electron chi connectivity index (χ1n) is 6.30. The summed E-state index contributed by atoms with van der Waals surface area (Å²) in [6.07, 6.45) is 0. The van der Waals surface area contributed by atoms with Gasteiger partial charge in [0.2, 0.25) is 0 Å². The quantitative estimate of drug-likeness (QED) is 0.906. The number of nitrogens with zero attached hydrogens (tertiary/aromatic N) is 2. The van der Waals surface area contributed by atoms with Crippen LogP contribution in [0.15, 0.2) is 18.2 Å². The predicted molar refractivity (Wildman–Crippen MR) is 85.5 cm³/mol. The summed E-state index contributed by atoms with van der Waals surface area (Å²) >= 11 is 7.64. The second kappa shape index (κ2) is 5.65. The molecule has 0 aliphatic heterocycles. The molecule has 0 bridgehead atoms. The van der Waals surface area contributed by atoms with Gasteiger partial charge in [0.1, 0.15) is 0 Å². The van der Waals surface area contributed by atoms with Crippen molar-refractivity contribution >= 4 is 38.3 Å². The fourth-order valence-electron chi connectivity index (χ4n) is 2.20. The number of aromatic nitrogens is 1. The molecule has 0 saturated heterocycles. The minimum atomic E-state index is 0.207. The molecule has 0 spiro atoms. The molecule has 0 amide bonds. The zero-order chi connectivity index (χ0) is 14.0. The number of rotatable bonds is 5. The second-order valence-electron chi connectivity index (χ2n) is 5.89. The Morgan fingerprint density at radius 3 is 2.79 bits per heavy atom. The third-order valence-electron chi connectivity index (χ3n) is 2.81. The number of anilines is 1. The monoisotopic (exact) mass is 297 g/mol. The number of nitrogens with one attached hydrogen (secondary N) is 1. The normalized spacial score (nSPS) is 12.3. The van der Waals surface area contributed by atoms with Crippen LogP contribution in [0.4, 0.5) is 5.13 Å². The van der Waals surface area contributed by atoms with Crippen LogP contribution in [0.25, 0.3) is 10.2 Å². The van der Waals surface area contributed by atoms with Gasteiger partial charge in [-0.15, -0.1) is 0 Å². The highest BCUT2D eigenvalue weighted by Crippen LogP contribution is 2.29. The molecule has 2 aromatic rings. The number of fused-ring (bicyclic) bond motifs is 1. The highest BCUT2D eigenvalue weighted by Gasteiger charge is 2.19. The van der Waals surface area contributed by atoms with E-state index in [2.05, 4.69) is 43.1 Å². The minimum Gasteiger partial charge on any atom is -0.361 e. The minimum absolute atomic E-state index is 0.207. The van der Waals surface area contributed by atoms with Crippen LogP contribution in [0.3, 0.4) is 0 Å². The molecule has 0 unspecified atom stereocenters. The van der Waals surface area contributed by atoms with E-state index in [1.807, 2.05) is 18.2 Å². The number of thiazole rings is 1. The summed E-state index contributed by atoms with van der Waals surface area (Å²) in [6.45, 7) is 6.45. The summed E-state index contributed by atoms with van der Waals surface area (Å²) in [5.74, 6) is 0. The van der Waals surface area contributed by atoms with Gasteiger partial charge in [-0.1, -0.05) is 36.8 Å². The van der Waals surface area contributed by atoms with Gasteiger partial charge in [-0.05, 0) is 37.7 Å². The molecule has 0 radical (unpaired) electrons. The van der Waals surface area contributed by atoms with Crippen molar-refractivity contribution in [3.63, 3.8) is 0 Å². The summed E-state index contributed by atoms with van der Waals surface area (Å²) in [5.41, 5.74) is 1.17. The molecular formula is C14H20ClN3S. The van der Waals surface area contributed by atoms with Crippen LogP contribution >= 0.6 is 22.9 Å². The zero-order valence-electron chi connectivity index (χ0n) is 11.8. The van der Waals surface area contributed by atoms with Gasteiger partial charge in [-0.3, -0.25) is 0 Å². The van der Waals surface area contributed by atoms with Crippen LogP contribution < -0.4 is 5.32 Å². The van der Waals surface area contributed by atoms with Crippen LogP contribution in [0.2, 0.25) is 5.02 Å². The van der Waals surface area contributed by atoms with Crippen molar-refractivity contribution in [3.8, 4) is 0 Å². The van der Waals surface area contributed by atoms with Gasteiger partial charge in [-0.2, -0.15) is 0 Å². The summed E-state index contributed by atoms with van der Waals surface area (Å²) in [6, 6.07) is 5.83. The topological polar surface area (TPSA) is 28.2 Å². The second-order valence-corrected chi connectivity index (χ2v) is 7.35. The fourth-order valence-corrected chi connectivity index (χ4v) is 3.21. The van der Waals surface area contributed by atoms with E-state index in [1.165, 1.54) is 0 Å². The molecule has 0 saturated carbocycles. The molecule has 19 heavy (non-hydrogen) atoms. The average Bonchev–Trinajstić information content (AvgIpc) is 2.66. The molecule has 3 nitrogen and oxygen atoms in total. The molecule has 0 atom stereocenters. The van der Waals surface area contributed by atoms with Crippen molar-refractivity contribution in [2.45, 2.75) is 13.8 Å². The maximum absolute atomic E-state index is 5.97. The lowest BCUT2D eigenvalue weighted by Crippen LogP contribution is -2.34. The van der Waals surface area contributed by atoms with Gasteiger partial charge in [0.15, 0.2) is 5.13 Å². The summed E-state index contributed by atoms with van der Waals surface area (Å²) in [7, 11) is 4.20. The van der Waals surface area contributed by atoms with Crippen LogP contribution in [-0.4, -0.2) is 37.1 Å². The van der Waals surface area contributed by atoms with Gasteiger partial charge in [0, 0.05) is 18.1 Å². The fraction of sp³-hybridized carbons (Fsp3) is 0.500. The maximum atomic E-state index is 5.97. The van der Waals surface area contributed by atoms with E-state index < -0.39 is 0 Å². The number of halogens is 1. The summed E-state index contributed by atoms with van der Waals surface area (Å²) in [5, 5.41) is 5.13. The maximum Gasteiger partial charge on any atom is 0.183 e. The standard InChI is InChI=1S/C14H20ClN3S/c1-14(2,9-18(3)4)8-16-13-17-11-7-10(15)5-6-12(11)19-13/h5-7H,8-9H2,1-4H3,(H,16,17). The van der Waals surface area contributed by atoms with Gasteiger partial charge < -0.3 is 10.2 Å². The Hall–Kier alpha value is -0.840. The molecular weight excluding hydrogens is 278 g/mol. The molecule has 1 aromatic carbocycles. The SMILES string of the molecule is CN(C)CC(C)(C)CNc1nc2cc(Cl)ccc2s1. The number of benzene rings is 1. The van der Waals surface area contributed by atoms with Gasteiger partial charge in [0.25, 0.3) is 0 Å². The molecule has 2 rings (SSSR count). The van der Waals surface area contributed by atoms with Crippen molar-refractivity contribution in [1.82, 2.24) is 9.88 Å². The van der Waals surface area contributed by atoms with E-state index in [1.54, 1.807) is 11.3 Å². The Morgan fingerprint density at radius 2 is 2.11 bits per heavy atom. The molecule has 1 heterocycles. The first-order chi connectivity index (χ1) is 8.85. The van der Waals surface area contributed by atoms with Crippen molar-refractivity contribution in [1.29, 1.82) is 0 Å². The van der Waals surface area contributed by atoms with E-state index in [0.29, 0.717) is 0 Å². The predicted octanol–water partition coefficient (Wildman–Crippen LogP) is 3.95. The van der Waals surface area contributed by atoms with Gasteiger partial charge >= 0.3 is 0 Å². The third kappa shape index (κ3) is 4.06. The van der Waals surface area contributed by atoms with E-state index in [-0.39, 0.29) is 5.41 Å². The van der Waals surface area contributed by atoms with E-state index in [9.17, 15) is 0 Å². The van der Waals surface area contributed by atoms with Crippen molar-refractivity contribution in [2.75, 3.05) is 32.5 Å². The third-order valence-corrected chi connectivity index (χ3v) is 4.04. The van der Waals surface area contributed by atoms with Crippen molar-refractivity contribution in [2.24, 2.45) is 5.41 Å². The Bertz CT molecular complexity index is 563. The molecule has 0 aliphatic rings. The van der Waals surface area contributed by atoms with Gasteiger partial charge in [0.05, 0.1) is 10.2 Å². The average molecular weight is 298 g/mol. The van der Waals surface area contributed by atoms with E-state index in [4.69, 9.17) is 11.6 Å². The zero-order valence-corrected chi connectivity index (χ0v) is 13.4. The lowest BCUT2D eigenvalue weighted by atomic mass is 9.93. The summed E-state index contributed by atoms with van der Waals surface area (Å²) in [4.78, 5) is 6.77. The molecule has 1 aromatic heterocycles. The van der Waals surface area contributed by atoms with Crippen molar-refractivity contribution in [3.05, 3.63) is 23.2 Å². The highest BCUT2D eigenvalue weighted by molar-refractivity contribution is 7.22. The molecule has 1 N–H and O–H groups in total. The lowest BCUT2D eigenvalue weighted by molar-refractivity contribution is 0.254. The Kier molecular flexibility index (Phi) is 4.33. The van der Waals surface area contributed by atoms with Crippen molar-refractivity contribution < 1.29 is 0 Å². The number of hydrogen-bond acceptors (Lipinski definition) is 4. The number of hydrogen-bond donors (Lipinski definition) is 1. The highest BCUT2D eigenvalue weighted by atomic mass is 35.5. The first kappa shape index (κ1) is 14.6. The van der Waals surface area contributed by atoms with Crippen LogP contribution in [0.1, 0.15) is 13.8 Å². The smallest absolute Gasteiger partial charge is 0.183 e.